The summed E-state index contributed by atoms with van der Waals surface area (Å²) in [5.74, 6) is -0.296. The van der Waals surface area contributed by atoms with Crippen LogP contribution >= 0.6 is 22.6 Å². The Morgan fingerprint density at radius 2 is 1.87 bits per heavy atom. The maximum absolute atomic E-state index is 13.1. The van der Waals surface area contributed by atoms with E-state index in [1.807, 2.05) is 26.8 Å². The number of hydrogen-bond acceptors (Lipinski definition) is 5. The molecule has 0 spiro atoms. The van der Waals surface area contributed by atoms with Gasteiger partial charge in [0, 0.05) is 0 Å². The number of halogens is 1. The van der Waals surface area contributed by atoms with E-state index in [0.717, 1.165) is 14.0 Å². The van der Waals surface area contributed by atoms with Crippen LogP contribution in [0.2, 0.25) is 0 Å². The Labute approximate surface area is 194 Å². The van der Waals surface area contributed by atoms with Crippen LogP contribution in [-0.4, -0.2) is 30.6 Å². The standard InChI is InChI=1S/C23H23IN2O5/c1-5-30-19-12-15(11-17(24)20(19)31-13(2)3)10-16-21(27)25-23(29)26(22(16)28)18-9-7-6-8-14(18)4/h6-13H,5H2,1-4H3,(H,25,27,29)/b16-10+. The van der Waals surface area contributed by atoms with E-state index in [1.54, 1.807) is 37.3 Å². The fourth-order valence-corrected chi connectivity index (χ4v) is 3.89. The Morgan fingerprint density at radius 1 is 1.16 bits per heavy atom. The molecule has 8 heteroatoms. The number of nitrogens with one attached hydrogen (secondary N) is 1. The molecule has 4 amide bonds. The molecule has 7 nitrogen and oxygen atoms in total. The Hall–Kier alpha value is -2.88. The molecule has 0 bridgehead atoms. The number of barbiturate groups is 1. The first-order valence-corrected chi connectivity index (χ1v) is 10.9. The van der Waals surface area contributed by atoms with Crippen molar-refractivity contribution in [3.8, 4) is 11.5 Å². The molecule has 0 unspecified atom stereocenters. The molecule has 1 N–H and O–H groups in total. The molecule has 0 atom stereocenters. The quantitative estimate of drug-likeness (QED) is 0.337. The lowest BCUT2D eigenvalue weighted by molar-refractivity contribution is -0.122. The molecular formula is C23H23IN2O5. The number of nitrogens with zero attached hydrogens (tertiary/aromatic N) is 1. The van der Waals surface area contributed by atoms with Gasteiger partial charge in [-0.15, -0.1) is 0 Å². The molecule has 3 rings (SSSR count). The van der Waals surface area contributed by atoms with Crippen LogP contribution in [0.15, 0.2) is 42.0 Å². The van der Waals surface area contributed by atoms with E-state index in [4.69, 9.17) is 9.47 Å². The van der Waals surface area contributed by atoms with E-state index in [1.165, 1.54) is 6.08 Å². The Morgan fingerprint density at radius 3 is 2.52 bits per heavy atom. The van der Waals surface area contributed by atoms with Gasteiger partial charge in [0.1, 0.15) is 5.57 Å². The SMILES string of the molecule is CCOc1cc(/C=C2\C(=O)NC(=O)N(c3ccccc3C)C2=O)cc(I)c1OC(C)C. The monoisotopic (exact) mass is 534 g/mol. The third kappa shape index (κ3) is 4.90. The van der Waals surface area contributed by atoms with Crippen LogP contribution in [0.4, 0.5) is 10.5 Å². The minimum absolute atomic E-state index is 0.0451. The predicted octanol–water partition coefficient (Wildman–Crippen LogP) is 4.45. The summed E-state index contributed by atoms with van der Waals surface area (Å²) >= 11 is 2.13. The fourth-order valence-electron chi connectivity index (χ4n) is 3.14. The number of rotatable bonds is 6. The zero-order valence-corrected chi connectivity index (χ0v) is 19.8. The van der Waals surface area contributed by atoms with Gasteiger partial charge in [-0.3, -0.25) is 14.9 Å². The summed E-state index contributed by atoms with van der Waals surface area (Å²) in [6.45, 7) is 7.92. The first kappa shape index (κ1) is 22.8. The van der Waals surface area contributed by atoms with Crippen molar-refractivity contribution >= 4 is 52.2 Å². The topological polar surface area (TPSA) is 84.9 Å². The van der Waals surface area contributed by atoms with Crippen LogP contribution in [-0.2, 0) is 9.59 Å². The summed E-state index contributed by atoms with van der Waals surface area (Å²) in [6, 6.07) is 9.73. The molecule has 31 heavy (non-hydrogen) atoms. The maximum Gasteiger partial charge on any atom is 0.335 e. The van der Waals surface area contributed by atoms with Gasteiger partial charge in [-0.1, -0.05) is 18.2 Å². The average molecular weight is 534 g/mol. The second-order valence-corrected chi connectivity index (χ2v) is 8.34. The minimum atomic E-state index is -0.772. The maximum atomic E-state index is 13.1. The predicted molar refractivity (Wildman–Crippen MR) is 126 cm³/mol. The number of para-hydroxylation sites is 1. The fraction of sp³-hybridized carbons (Fsp3) is 0.261. The summed E-state index contributed by atoms with van der Waals surface area (Å²) < 4.78 is 12.4. The third-order valence-electron chi connectivity index (χ3n) is 4.45. The summed E-state index contributed by atoms with van der Waals surface area (Å²) in [7, 11) is 0. The Balaban J connectivity index is 2.05. The molecule has 1 heterocycles. The Bertz CT molecular complexity index is 1080. The molecular weight excluding hydrogens is 511 g/mol. The van der Waals surface area contributed by atoms with Crippen LogP contribution in [0.1, 0.15) is 31.9 Å². The number of ether oxygens (including phenoxy) is 2. The summed E-state index contributed by atoms with van der Waals surface area (Å²) in [6.07, 6.45) is 1.41. The molecule has 1 fully saturated rings. The van der Waals surface area contributed by atoms with Gasteiger partial charge < -0.3 is 9.47 Å². The van der Waals surface area contributed by atoms with Crippen molar-refractivity contribution < 1.29 is 23.9 Å². The smallest absolute Gasteiger partial charge is 0.335 e. The van der Waals surface area contributed by atoms with Crippen LogP contribution in [0, 0.1) is 10.5 Å². The van der Waals surface area contributed by atoms with Gasteiger partial charge >= 0.3 is 6.03 Å². The van der Waals surface area contributed by atoms with Crippen molar-refractivity contribution in [1.29, 1.82) is 0 Å². The molecule has 1 saturated heterocycles. The third-order valence-corrected chi connectivity index (χ3v) is 5.26. The number of urea groups is 1. The van der Waals surface area contributed by atoms with Gasteiger partial charge in [0.15, 0.2) is 11.5 Å². The molecule has 0 radical (unpaired) electrons. The largest absolute Gasteiger partial charge is 0.490 e. The molecule has 0 aliphatic carbocycles. The van der Waals surface area contributed by atoms with Gasteiger partial charge in [0.05, 0.1) is 22.0 Å². The highest BCUT2D eigenvalue weighted by atomic mass is 127. The number of hydrogen-bond donors (Lipinski definition) is 1. The number of amides is 4. The van der Waals surface area contributed by atoms with E-state index in [9.17, 15) is 14.4 Å². The van der Waals surface area contributed by atoms with Gasteiger partial charge in [0.25, 0.3) is 11.8 Å². The van der Waals surface area contributed by atoms with Gasteiger partial charge in [-0.25, -0.2) is 9.69 Å². The normalized spacial score (nSPS) is 15.5. The number of benzene rings is 2. The van der Waals surface area contributed by atoms with E-state index in [2.05, 4.69) is 27.9 Å². The molecule has 0 aromatic heterocycles. The number of anilines is 1. The number of carbonyl (C=O) groups excluding carboxylic acids is 3. The minimum Gasteiger partial charge on any atom is -0.490 e. The molecule has 0 saturated carbocycles. The molecule has 1 aliphatic rings. The summed E-state index contributed by atoms with van der Waals surface area (Å²) in [5, 5.41) is 2.25. The lowest BCUT2D eigenvalue weighted by atomic mass is 10.1. The van der Waals surface area contributed by atoms with E-state index >= 15 is 0 Å². The second-order valence-electron chi connectivity index (χ2n) is 7.17. The Kier molecular flexibility index (Phi) is 6.99. The highest BCUT2D eigenvalue weighted by molar-refractivity contribution is 14.1. The zero-order chi connectivity index (χ0) is 22.7. The molecule has 1 aliphatic heterocycles. The highest BCUT2D eigenvalue weighted by Gasteiger charge is 2.37. The van der Waals surface area contributed by atoms with Gasteiger partial charge in [-0.2, -0.15) is 0 Å². The van der Waals surface area contributed by atoms with Crippen molar-refractivity contribution in [3.63, 3.8) is 0 Å². The van der Waals surface area contributed by atoms with Crippen LogP contribution in [0.5, 0.6) is 11.5 Å². The molecule has 2 aromatic rings. The van der Waals surface area contributed by atoms with E-state index < -0.39 is 17.8 Å². The lowest BCUT2D eigenvalue weighted by Crippen LogP contribution is -2.54. The number of carbonyl (C=O) groups is 3. The summed E-state index contributed by atoms with van der Waals surface area (Å²) in [5.41, 5.74) is 1.61. The van der Waals surface area contributed by atoms with Crippen molar-refractivity contribution in [1.82, 2.24) is 5.32 Å². The van der Waals surface area contributed by atoms with Crippen LogP contribution in [0.3, 0.4) is 0 Å². The summed E-state index contributed by atoms with van der Waals surface area (Å²) in [4.78, 5) is 39.0. The highest BCUT2D eigenvalue weighted by Crippen LogP contribution is 2.36. The van der Waals surface area contributed by atoms with E-state index in [-0.39, 0.29) is 11.7 Å². The van der Waals surface area contributed by atoms with Crippen LogP contribution in [0.25, 0.3) is 6.08 Å². The lowest BCUT2D eigenvalue weighted by Gasteiger charge is -2.27. The van der Waals surface area contributed by atoms with Gasteiger partial charge in [-0.05, 0) is 85.7 Å². The van der Waals surface area contributed by atoms with Crippen molar-refractivity contribution in [2.45, 2.75) is 33.8 Å². The second kappa shape index (κ2) is 9.51. The molecule has 2 aromatic carbocycles. The van der Waals surface area contributed by atoms with E-state index in [0.29, 0.717) is 29.4 Å². The number of imide groups is 2. The number of aryl methyl sites for hydroxylation is 1. The zero-order valence-electron chi connectivity index (χ0n) is 17.7. The average Bonchev–Trinajstić information content (AvgIpc) is 2.69. The van der Waals surface area contributed by atoms with Crippen LogP contribution < -0.4 is 19.7 Å². The first-order valence-electron chi connectivity index (χ1n) is 9.83. The first-order chi connectivity index (χ1) is 14.7. The van der Waals surface area contributed by atoms with Crippen molar-refractivity contribution in [2.75, 3.05) is 11.5 Å². The van der Waals surface area contributed by atoms with Crippen molar-refractivity contribution in [2.24, 2.45) is 0 Å². The molecule has 162 valence electrons. The van der Waals surface area contributed by atoms with Gasteiger partial charge in [0.2, 0.25) is 0 Å². The van der Waals surface area contributed by atoms with Crippen molar-refractivity contribution in [3.05, 3.63) is 56.7 Å².